The molecule has 1 fully saturated rings. The number of anilines is 1. The summed E-state index contributed by atoms with van der Waals surface area (Å²) in [5.41, 5.74) is 14.6. The average Bonchev–Trinajstić information content (AvgIpc) is 4.21. The van der Waals surface area contributed by atoms with E-state index in [0.29, 0.717) is 5.69 Å². The standard InChI is InChI=1S/C55H39N6O2.Ni/c1-61-33-63-55(39-24-14-15-25-40(39)60-54(55)62)53(61)38-32-47-50(36-20-10-4-11-21-36)45-29-28-43(57-45)48(34-16-6-2-7-17-34)41-26-27-42(56-41)49(35-18-8-3-9-19-35)44-30-31-46(58-44)51(52(38)59-47)37-22-12-5-13-23-37;/h2-32,53H,33H2,1H3,(H2-,56,57,58,59,60,62);/q-1;+2/p-1. The van der Waals surface area contributed by atoms with Crippen molar-refractivity contribution >= 4 is 57.5 Å². The van der Waals surface area contributed by atoms with Crippen LogP contribution in [0.5, 0.6) is 0 Å². The molecule has 8 aromatic rings. The van der Waals surface area contributed by atoms with Gasteiger partial charge in [-0.2, -0.15) is 0 Å². The Morgan fingerprint density at radius 1 is 0.562 bits per heavy atom. The first-order chi connectivity index (χ1) is 31.0. The van der Waals surface area contributed by atoms with Crippen LogP contribution in [-0.2, 0) is 31.6 Å². The SMILES string of the molecule is CN1COC2(C(=O)Nc3ccccc32)C1C1=Cc2nc1c(-c1ccccc1)c1ccc([n-]1)c(-c1ccccc1)c1ccc([n-]1)c(-c1ccccc1)c1nc(c2-c2ccccc2)C=C1.[Ni+2]. The topological polar surface area (TPSA) is 95.5 Å². The summed E-state index contributed by atoms with van der Waals surface area (Å²) in [6.45, 7) is 0.233. The maximum Gasteiger partial charge on any atom is 2.00 e. The van der Waals surface area contributed by atoms with Crippen LogP contribution in [-0.4, -0.2) is 40.6 Å². The largest absolute Gasteiger partial charge is 2.00 e. The summed E-state index contributed by atoms with van der Waals surface area (Å²) in [7, 11) is 2.01. The molecule has 4 aliphatic heterocycles. The molecule has 4 aliphatic rings. The Kier molecular flexibility index (Phi) is 9.70. The fourth-order valence-corrected chi connectivity index (χ4v) is 9.79. The van der Waals surface area contributed by atoms with E-state index in [0.717, 1.165) is 100 Å². The number of benzene rings is 5. The van der Waals surface area contributed by atoms with E-state index in [1.807, 2.05) is 104 Å². The predicted octanol–water partition coefficient (Wildman–Crippen LogP) is 11.1. The minimum atomic E-state index is -1.34. The predicted molar refractivity (Wildman–Crippen MR) is 252 cm³/mol. The number of ether oxygens (including phenoxy) is 1. The van der Waals surface area contributed by atoms with Crippen molar-refractivity contribution in [2.24, 2.45) is 0 Å². The number of rotatable bonds is 5. The van der Waals surface area contributed by atoms with Gasteiger partial charge in [0.2, 0.25) is 0 Å². The van der Waals surface area contributed by atoms with E-state index in [-0.39, 0.29) is 29.1 Å². The quantitative estimate of drug-likeness (QED) is 0.172. The molecule has 2 unspecified atom stereocenters. The minimum absolute atomic E-state index is 0. The van der Waals surface area contributed by atoms with E-state index in [4.69, 9.17) is 24.7 Å². The molecular weight excluding hydrogens is 835 g/mol. The van der Waals surface area contributed by atoms with E-state index in [2.05, 4.69) is 101 Å². The van der Waals surface area contributed by atoms with Crippen LogP contribution in [0.15, 0.2) is 170 Å². The smallest absolute Gasteiger partial charge is 0.657 e. The molecule has 1 N–H and O–H groups in total. The number of nitrogens with zero attached hydrogens (tertiary/aromatic N) is 5. The summed E-state index contributed by atoms with van der Waals surface area (Å²) in [6.07, 6.45) is 6.31. The van der Waals surface area contributed by atoms with E-state index in [1.54, 1.807) is 0 Å². The van der Waals surface area contributed by atoms with Crippen molar-refractivity contribution in [1.29, 1.82) is 0 Å². The number of carbonyl (C=O) groups excluding carboxylic acids is 1. The minimum Gasteiger partial charge on any atom is -0.657 e. The summed E-state index contributed by atoms with van der Waals surface area (Å²) in [5, 5.41) is 3.16. The fraction of sp³-hybridized carbons (Fsp3) is 0.0727. The molecule has 12 rings (SSSR count). The van der Waals surface area contributed by atoms with Gasteiger partial charge in [0.25, 0.3) is 5.91 Å². The number of hydrogen-bond acceptors (Lipinski definition) is 5. The van der Waals surface area contributed by atoms with Crippen LogP contribution in [0.1, 0.15) is 28.3 Å². The monoisotopic (exact) mass is 872 g/mol. The third-order valence-electron chi connectivity index (χ3n) is 12.5. The van der Waals surface area contributed by atoms with Gasteiger partial charge in [-0.05, 0) is 70.3 Å². The van der Waals surface area contributed by atoms with Crippen molar-refractivity contribution in [2.75, 3.05) is 19.1 Å². The van der Waals surface area contributed by atoms with Gasteiger partial charge in [-0.1, -0.05) is 164 Å². The zero-order valence-electron chi connectivity index (χ0n) is 34.6. The van der Waals surface area contributed by atoms with E-state index in [9.17, 15) is 4.79 Å². The summed E-state index contributed by atoms with van der Waals surface area (Å²) >= 11 is 0. The van der Waals surface area contributed by atoms with E-state index < -0.39 is 11.6 Å². The van der Waals surface area contributed by atoms with Gasteiger partial charge in [0.15, 0.2) is 5.60 Å². The van der Waals surface area contributed by atoms with Gasteiger partial charge < -0.3 is 20.0 Å². The fourth-order valence-electron chi connectivity index (χ4n) is 9.79. The average molecular weight is 874 g/mol. The second-order valence-corrected chi connectivity index (χ2v) is 16.2. The van der Waals surface area contributed by atoms with Crippen molar-refractivity contribution in [1.82, 2.24) is 24.8 Å². The van der Waals surface area contributed by atoms with Gasteiger partial charge in [-0.3, -0.25) is 9.69 Å². The Balaban J connectivity index is 0.00000456. The number of amides is 1. The second-order valence-electron chi connectivity index (χ2n) is 16.2. The molecule has 0 saturated carbocycles. The van der Waals surface area contributed by atoms with Crippen molar-refractivity contribution in [3.63, 3.8) is 0 Å². The molecule has 8 bridgehead atoms. The number of fused-ring (bicyclic) bond motifs is 10. The molecule has 7 heterocycles. The maximum atomic E-state index is 14.5. The second kappa shape index (κ2) is 15.7. The van der Waals surface area contributed by atoms with Crippen LogP contribution in [0, 0.1) is 0 Å². The Morgan fingerprint density at radius 2 is 1.03 bits per heavy atom. The van der Waals surface area contributed by atoms with Crippen LogP contribution >= 0.6 is 0 Å². The van der Waals surface area contributed by atoms with Gasteiger partial charge in [-0.15, -0.1) is 22.1 Å². The van der Waals surface area contributed by atoms with Crippen LogP contribution in [0.4, 0.5) is 5.69 Å². The van der Waals surface area contributed by atoms with Gasteiger partial charge in [0.05, 0.1) is 28.8 Å². The van der Waals surface area contributed by atoms with Gasteiger partial charge in [0.1, 0.15) is 6.73 Å². The summed E-state index contributed by atoms with van der Waals surface area (Å²) in [6, 6.07) is 56.8. The maximum absolute atomic E-state index is 14.5. The molecule has 0 aliphatic carbocycles. The normalized spacial score (nSPS) is 17.5. The molecule has 2 atom stereocenters. The summed E-state index contributed by atoms with van der Waals surface area (Å²) in [4.78, 5) is 38.7. The third-order valence-corrected chi connectivity index (χ3v) is 12.5. The Morgan fingerprint density at radius 3 is 1.62 bits per heavy atom. The number of aromatic nitrogens is 4. The molecule has 9 heteroatoms. The molecule has 5 aromatic carbocycles. The third kappa shape index (κ3) is 6.23. The van der Waals surface area contributed by atoms with Crippen LogP contribution in [0.3, 0.4) is 0 Å². The van der Waals surface area contributed by atoms with E-state index >= 15 is 0 Å². The van der Waals surface area contributed by atoms with Crippen molar-refractivity contribution < 1.29 is 26.0 Å². The Bertz CT molecular complexity index is 3360. The van der Waals surface area contributed by atoms with Crippen molar-refractivity contribution in [2.45, 2.75) is 11.6 Å². The number of carbonyl (C=O) groups is 1. The molecule has 0 radical (unpaired) electrons. The van der Waals surface area contributed by atoms with Crippen LogP contribution in [0.2, 0.25) is 0 Å². The first-order valence-electron chi connectivity index (χ1n) is 21.1. The first-order valence-corrected chi connectivity index (χ1v) is 21.1. The molecule has 1 amide bonds. The van der Waals surface area contributed by atoms with Crippen LogP contribution < -0.4 is 15.3 Å². The zero-order valence-corrected chi connectivity index (χ0v) is 35.5. The van der Waals surface area contributed by atoms with Gasteiger partial charge >= 0.3 is 16.5 Å². The molecule has 310 valence electrons. The number of hydrogen-bond donors (Lipinski definition) is 1. The van der Waals surface area contributed by atoms with Gasteiger partial charge in [-0.25, -0.2) is 9.97 Å². The molecule has 3 aromatic heterocycles. The number of nitrogens with one attached hydrogen (secondary N) is 1. The molecule has 1 spiro atoms. The number of likely N-dealkylation sites (N-methyl/N-ethyl adjacent to an activating group) is 1. The summed E-state index contributed by atoms with van der Waals surface area (Å²) < 4.78 is 6.72. The van der Waals surface area contributed by atoms with Crippen LogP contribution in [0.25, 0.3) is 90.4 Å². The molecule has 8 nitrogen and oxygen atoms in total. The summed E-state index contributed by atoms with van der Waals surface area (Å²) in [5.74, 6) is -0.206. The van der Waals surface area contributed by atoms with E-state index in [1.165, 1.54) is 0 Å². The van der Waals surface area contributed by atoms with Crippen molar-refractivity contribution in [3.05, 3.63) is 198 Å². The Hall–Kier alpha value is -7.42. The molecular formula is C55H38N6NiO2. The van der Waals surface area contributed by atoms with Gasteiger partial charge in [0, 0.05) is 22.4 Å². The first kappa shape index (κ1) is 39.4. The molecule has 64 heavy (non-hydrogen) atoms. The Labute approximate surface area is 380 Å². The zero-order chi connectivity index (χ0) is 42.1. The molecule has 1 saturated heterocycles. The van der Waals surface area contributed by atoms with Crippen molar-refractivity contribution in [3.8, 4) is 44.5 Å². The number of para-hydroxylation sites is 1.